The minimum absolute atomic E-state index is 0.696. The van der Waals surface area contributed by atoms with Crippen LogP contribution in [-0.2, 0) is 26.2 Å². The molecule has 3 aromatic rings. The summed E-state index contributed by atoms with van der Waals surface area (Å²) in [6, 6.07) is 14.8. The summed E-state index contributed by atoms with van der Waals surface area (Å²) in [4.78, 5) is 2.39. The van der Waals surface area contributed by atoms with Crippen LogP contribution in [0.2, 0.25) is 0 Å². The Morgan fingerprint density at radius 3 is 2.75 bits per heavy atom. The van der Waals surface area contributed by atoms with Crippen molar-refractivity contribution in [2.24, 2.45) is 0 Å². The van der Waals surface area contributed by atoms with Crippen LogP contribution in [0.1, 0.15) is 23.6 Å². The van der Waals surface area contributed by atoms with E-state index in [9.17, 15) is 0 Å². The Morgan fingerprint density at radius 2 is 2.00 bits per heavy atom. The van der Waals surface area contributed by atoms with Crippen LogP contribution in [0.5, 0.6) is 5.75 Å². The molecule has 1 aromatic heterocycles. The number of aromatic nitrogens is 3. The molecular formula is C22H26N4OS. The van der Waals surface area contributed by atoms with E-state index in [1.807, 2.05) is 10.7 Å². The molecule has 0 saturated heterocycles. The summed E-state index contributed by atoms with van der Waals surface area (Å²) in [7, 11) is 1.71. The van der Waals surface area contributed by atoms with Gasteiger partial charge in [-0.05, 0) is 61.8 Å². The lowest BCUT2D eigenvalue weighted by molar-refractivity contribution is 0.187. The zero-order chi connectivity index (χ0) is 19.7. The molecule has 1 aliphatic heterocycles. The van der Waals surface area contributed by atoms with Gasteiger partial charge in [-0.25, -0.2) is 4.68 Å². The molecule has 0 saturated carbocycles. The monoisotopic (exact) mass is 394 g/mol. The lowest BCUT2D eigenvalue weighted by atomic mass is 10.00. The average molecular weight is 395 g/mol. The van der Waals surface area contributed by atoms with Gasteiger partial charge in [0.2, 0.25) is 0 Å². The van der Waals surface area contributed by atoms with Crippen molar-refractivity contribution in [1.82, 2.24) is 19.2 Å². The van der Waals surface area contributed by atoms with Gasteiger partial charge in [-0.15, -0.1) is 0 Å². The first-order chi connectivity index (χ1) is 13.6. The number of hydrogen-bond acceptors (Lipinski definition) is 4. The molecule has 0 unspecified atom stereocenters. The second-order valence-corrected chi connectivity index (χ2v) is 7.66. The zero-order valence-electron chi connectivity index (χ0n) is 16.7. The van der Waals surface area contributed by atoms with E-state index in [0.29, 0.717) is 6.67 Å². The highest BCUT2D eigenvalue weighted by Gasteiger charge is 2.19. The summed E-state index contributed by atoms with van der Waals surface area (Å²) >= 11 is 5.75. The standard InChI is InChI=1S/C22H26N4OS/c1-4-25-21(18-7-5-6-16(2)12-18)23-26(22(25)28)15-24-11-10-17-8-9-20(27-3)13-19(17)14-24/h5-9,12-13H,4,10-11,14-15H2,1-3H3. The van der Waals surface area contributed by atoms with Crippen LogP contribution < -0.4 is 4.74 Å². The number of ether oxygens (including phenoxy) is 1. The van der Waals surface area contributed by atoms with E-state index in [1.165, 1.54) is 16.7 Å². The van der Waals surface area contributed by atoms with Crippen LogP contribution in [0.25, 0.3) is 11.4 Å². The van der Waals surface area contributed by atoms with Gasteiger partial charge in [0.1, 0.15) is 5.75 Å². The highest BCUT2D eigenvalue weighted by atomic mass is 32.1. The van der Waals surface area contributed by atoms with Crippen LogP contribution in [-0.4, -0.2) is 32.9 Å². The molecule has 4 rings (SSSR count). The maximum atomic E-state index is 5.75. The number of aryl methyl sites for hydroxylation is 1. The van der Waals surface area contributed by atoms with Crippen LogP contribution in [0.3, 0.4) is 0 Å². The molecule has 0 spiro atoms. The first-order valence-electron chi connectivity index (χ1n) is 9.72. The van der Waals surface area contributed by atoms with Crippen molar-refractivity contribution in [1.29, 1.82) is 0 Å². The van der Waals surface area contributed by atoms with Gasteiger partial charge in [0.05, 0.1) is 13.8 Å². The highest BCUT2D eigenvalue weighted by molar-refractivity contribution is 7.71. The summed E-state index contributed by atoms with van der Waals surface area (Å²) in [6.45, 7) is 7.60. The van der Waals surface area contributed by atoms with Gasteiger partial charge in [-0.2, -0.15) is 5.10 Å². The smallest absolute Gasteiger partial charge is 0.199 e. The van der Waals surface area contributed by atoms with Crippen molar-refractivity contribution in [2.75, 3.05) is 13.7 Å². The van der Waals surface area contributed by atoms with E-state index in [4.69, 9.17) is 22.1 Å². The Kier molecular flexibility index (Phi) is 5.33. The van der Waals surface area contributed by atoms with E-state index in [1.54, 1.807) is 7.11 Å². The fourth-order valence-corrected chi connectivity index (χ4v) is 4.16. The van der Waals surface area contributed by atoms with Crippen LogP contribution in [0, 0.1) is 11.7 Å². The maximum Gasteiger partial charge on any atom is 0.199 e. The number of rotatable bonds is 5. The second-order valence-electron chi connectivity index (χ2n) is 7.30. The summed E-state index contributed by atoms with van der Waals surface area (Å²) in [5, 5.41) is 4.88. The van der Waals surface area contributed by atoms with Crippen molar-refractivity contribution in [3.8, 4) is 17.1 Å². The van der Waals surface area contributed by atoms with Gasteiger partial charge in [-0.3, -0.25) is 4.90 Å². The van der Waals surface area contributed by atoms with E-state index in [-0.39, 0.29) is 0 Å². The average Bonchev–Trinajstić information content (AvgIpc) is 3.02. The Morgan fingerprint density at radius 1 is 1.14 bits per heavy atom. The maximum absolute atomic E-state index is 5.75. The van der Waals surface area contributed by atoms with Crippen molar-refractivity contribution in [3.63, 3.8) is 0 Å². The normalized spacial score (nSPS) is 14.1. The number of hydrogen-bond donors (Lipinski definition) is 0. The van der Waals surface area contributed by atoms with Crippen molar-refractivity contribution in [2.45, 2.75) is 40.0 Å². The van der Waals surface area contributed by atoms with Gasteiger partial charge < -0.3 is 9.30 Å². The Bertz CT molecular complexity index is 1050. The van der Waals surface area contributed by atoms with Gasteiger partial charge in [0, 0.05) is 25.2 Å². The van der Waals surface area contributed by atoms with Crippen LogP contribution in [0.15, 0.2) is 42.5 Å². The fourth-order valence-electron chi connectivity index (χ4n) is 3.84. The Balaban J connectivity index is 1.61. The minimum Gasteiger partial charge on any atom is -0.497 e. The first kappa shape index (κ1) is 18.9. The molecule has 0 bridgehead atoms. The highest BCUT2D eigenvalue weighted by Crippen LogP contribution is 2.25. The van der Waals surface area contributed by atoms with Crippen LogP contribution >= 0.6 is 12.2 Å². The number of fused-ring (bicyclic) bond motifs is 1. The van der Waals surface area contributed by atoms with Gasteiger partial charge in [0.25, 0.3) is 0 Å². The summed E-state index contributed by atoms with van der Waals surface area (Å²) < 4.78 is 10.2. The van der Waals surface area contributed by atoms with E-state index in [2.05, 4.69) is 59.7 Å². The predicted octanol–water partition coefficient (Wildman–Crippen LogP) is 4.43. The van der Waals surface area contributed by atoms with Gasteiger partial charge in [-0.1, -0.05) is 29.8 Å². The number of methoxy groups -OCH3 is 1. The van der Waals surface area contributed by atoms with Crippen molar-refractivity contribution >= 4 is 12.2 Å². The molecule has 0 N–H and O–H groups in total. The number of nitrogens with zero attached hydrogens (tertiary/aromatic N) is 4. The zero-order valence-corrected chi connectivity index (χ0v) is 17.5. The minimum atomic E-state index is 0.696. The third-order valence-electron chi connectivity index (χ3n) is 5.35. The second kappa shape index (κ2) is 7.89. The quantitative estimate of drug-likeness (QED) is 0.600. The predicted molar refractivity (Wildman–Crippen MR) is 114 cm³/mol. The summed E-state index contributed by atoms with van der Waals surface area (Å²) in [5.74, 6) is 1.85. The van der Waals surface area contributed by atoms with Crippen molar-refractivity contribution in [3.05, 3.63) is 63.9 Å². The SMILES string of the molecule is CCn1c(-c2cccc(C)c2)nn(CN2CCc3ccc(OC)cc3C2)c1=S. The molecule has 0 fully saturated rings. The molecule has 0 aliphatic carbocycles. The number of benzene rings is 2. The third-order valence-corrected chi connectivity index (χ3v) is 5.79. The molecule has 0 radical (unpaired) electrons. The lowest BCUT2D eigenvalue weighted by Crippen LogP contribution is -2.32. The van der Waals surface area contributed by atoms with E-state index in [0.717, 1.165) is 48.0 Å². The molecule has 1 aliphatic rings. The van der Waals surface area contributed by atoms with Gasteiger partial charge in [0.15, 0.2) is 10.6 Å². The van der Waals surface area contributed by atoms with Gasteiger partial charge >= 0.3 is 0 Å². The van der Waals surface area contributed by atoms with E-state index >= 15 is 0 Å². The first-order valence-corrected chi connectivity index (χ1v) is 10.1. The molecular weight excluding hydrogens is 368 g/mol. The topological polar surface area (TPSA) is 35.2 Å². The fraction of sp³-hybridized carbons (Fsp3) is 0.364. The molecule has 2 heterocycles. The molecule has 5 nitrogen and oxygen atoms in total. The lowest BCUT2D eigenvalue weighted by Gasteiger charge is -2.28. The molecule has 0 atom stereocenters. The summed E-state index contributed by atoms with van der Waals surface area (Å²) in [6.07, 6.45) is 1.03. The summed E-state index contributed by atoms with van der Waals surface area (Å²) in [5.41, 5.74) is 5.06. The molecule has 6 heteroatoms. The molecule has 0 amide bonds. The van der Waals surface area contributed by atoms with Crippen LogP contribution in [0.4, 0.5) is 0 Å². The molecule has 2 aromatic carbocycles. The van der Waals surface area contributed by atoms with Crippen molar-refractivity contribution < 1.29 is 4.74 Å². The largest absolute Gasteiger partial charge is 0.497 e. The molecule has 146 valence electrons. The Hall–Kier alpha value is -2.44. The van der Waals surface area contributed by atoms with E-state index < -0.39 is 0 Å². The third kappa shape index (κ3) is 3.62. The molecule has 28 heavy (non-hydrogen) atoms. The Labute approximate surface area is 171 Å².